The maximum Gasteiger partial charge on any atom is 0.262 e. The van der Waals surface area contributed by atoms with Gasteiger partial charge in [0.1, 0.15) is 11.5 Å². The van der Waals surface area contributed by atoms with Crippen molar-refractivity contribution in [2.45, 2.75) is 11.9 Å². The Hall–Kier alpha value is -2.49. The number of carbonyl (C=O) groups excluding carboxylic acids is 1. The van der Waals surface area contributed by atoms with Crippen molar-refractivity contribution >= 4 is 39.0 Å². The van der Waals surface area contributed by atoms with Gasteiger partial charge in [-0.2, -0.15) is 4.31 Å². The minimum absolute atomic E-state index is 0.149. The van der Waals surface area contributed by atoms with Gasteiger partial charge in [0.2, 0.25) is 5.91 Å². The first-order valence-corrected chi connectivity index (χ1v) is 9.42. The van der Waals surface area contributed by atoms with Crippen LogP contribution in [0.1, 0.15) is 5.56 Å². The van der Waals surface area contributed by atoms with Crippen LogP contribution in [0.3, 0.4) is 0 Å². The van der Waals surface area contributed by atoms with E-state index in [2.05, 4.69) is 15.3 Å². The second kappa shape index (κ2) is 7.02. The van der Waals surface area contributed by atoms with Crippen LogP contribution in [0.15, 0.2) is 47.8 Å². The van der Waals surface area contributed by atoms with Crippen molar-refractivity contribution in [1.82, 2.24) is 18.7 Å². The van der Waals surface area contributed by atoms with Gasteiger partial charge in [-0.05, 0) is 36.8 Å². The van der Waals surface area contributed by atoms with E-state index >= 15 is 0 Å². The van der Waals surface area contributed by atoms with Crippen molar-refractivity contribution < 1.29 is 13.2 Å². The minimum atomic E-state index is -4.03. The predicted molar refractivity (Wildman–Crippen MR) is 97.6 cm³/mol. The van der Waals surface area contributed by atoms with E-state index in [1.54, 1.807) is 42.7 Å². The van der Waals surface area contributed by atoms with Crippen LogP contribution in [0, 0.1) is 6.92 Å². The van der Waals surface area contributed by atoms with E-state index in [0.717, 1.165) is 9.87 Å². The molecule has 0 aliphatic carbocycles. The first kappa shape index (κ1) is 18.3. The Morgan fingerprint density at radius 2 is 2.12 bits per heavy atom. The number of aryl methyl sites for hydroxylation is 1. The highest BCUT2D eigenvalue weighted by Crippen LogP contribution is 2.25. The molecule has 3 aromatic heterocycles. The Kier molecular flexibility index (Phi) is 4.94. The van der Waals surface area contributed by atoms with Crippen LogP contribution in [0.25, 0.3) is 5.65 Å². The summed E-state index contributed by atoms with van der Waals surface area (Å²) in [6.45, 7) is 1.47. The Labute approximate surface area is 155 Å². The predicted octanol–water partition coefficient (Wildman–Crippen LogP) is 1.95. The lowest BCUT2D eigenvalue weighted by Gasteiger charge is -2.16. The Morgan fingerprint density at radius 3 is 2.85 bits per heavy atom. The zero-order valence-corrected chi connectivity index (χ0v) is 15.6. The summed E-state index contributed by atoms with van der Waals surface area (Å²) in [6.07, 6.45) is 3.11. The van der Waals surface area contributed by atoms with Gasteiger partial charge < -0.3 is 5.32 Å². The topological polar surface area (TPSA) is 96.7 Å². The lowest BCUT2D eigenvalue weighted by atomic mass is 10.3. The molecule has 8 nitrogen and oxygen atoms in total. The smallest absolute Gasteiger partial charge is 0.262 e. The van der Waals surface area contributed by atoms with Gasteiger partial charge in [-0.25, -0.2) is 18.4 Å². The second-order valence-electron chi connectivity index (χ2n) is 5.66. The molecule has 0 radical (unpaired) electrons. The molecule has 0 saturated heterocycles. The summed E-state index contributed by atoms with van der Waals surface area (Å²) in [5.74, 6) is -0.159. The summed E-state index contributed by atoms with van der Waals surface area (Å²) in [4.78, 5) is 20.2. The first-order chi connectivity index (χ1) is 12.3. The number of fused-ring (bicyclic) bond motifs is 1. The summed E-state index contributed by atoms with van der Waals surface area (Å²) < 4.78 is 28.0. The number of anilines is 1. The lowest BCUT2D eigenvalue weighted by molar-refractivity contribution is -0.116. The summed E-state index contributed by atoms with van der Waals surface area (Å²) in [5, 5.41) is 2.24. The number of pyridine rings is 2. The zero-order valence-electron chi connectivity index (χ0n) is 14.0. The van der Waals surface area contributed by atoms with Gasteiger partial charge in [-0.15, -0.1) is 0 Å². The van der Waals surface area contributed by atoms with Gasteiger partial charge in [0.15, 0.2) is 10.2 Å². The van der Waals surface area contributed by atoms with Crippen LogP contribution < -0.4 is 5.32 Å². The van der Waals surface area contributed by atoms with E-state index in [-0.39, 0.29) is 10.2 Å². The number of hydrogen-bond donors (Lipinski definition) is 1. The van der Waals surface area contributed by atoms with Gasteiger partial charge in [-0.1, -0.05) is 17.7 Å². The highest BCUT2D eigenvalue weighted by molar-refractivity contribution is 7.89. The fourth-order valence-corrected chi connectivity index (χ4v) is 4.11. The molecular weight excluding hydrogens is 378 g/mol. The maximum absolute atomic E-state index is 12.9. The largest absolute Gasteiger partial charge is 0.310 e. The standard InChI is InChI=1S/C16H16ClN5O3S/c1-11-6-7-18-12(9-11)19-14(23)10-21(2)26(24,25)16-15(17)20-13-5-3-4-8-22(13)16/h3-9H,10H2,1-2H3,(H,18,19,23). The third kappa shape index (κ3) is 3.55. The van der Waals surface area contributed by atoms with E-state index in [9.17, 15) is 13.2 Å². The van der Waals surface area contributed by atoms with Gasteiger partial charge >= 0.3 is 0 Å². The van der Waals surface area contributed by atoms with Gasteiger partial charge in [-0.3, -0.25) is 9.20 Å². The molecule has 3 aromatic rings. The van der Waals surface area contributed by atoms with E-state index in [1.165, 1.54) is 11.4 Å². The molecule has 0 fully saturated rings. The van der Waals surface area contributed by atoms with Crippen LogP contribution in [0.5, 0.6) is 0 Å². The minimum Gasteiger partial charge on any atom is -0.310 e. The molecule has 3 rings (SSSR count). The lowest BCUT2D eigenvalue weighted by Crippen LogP contribution is -2.35. The SMILES string of the molecule is Cc1ccnc(NC(=O)CN(C)S(=O)(=O)c2c(Cl)nc3ccccn23)c1. The first-order valence-electron chi connectivity index (χ1n) is 7.60. The van der Waals surface area contributed by atoms with E-state index in [1.807, 2.05) is 6.92 Å². The number of sulfonamides is 1. The molecule has 136 valence electrons. The monoisotopic (exact) mass is 393 g/mol. The molecule has 0 aliphatic rings. The fraction of sp³-hybridized carbons (Fsp3) is 0.188. The quantitative estimate of drug-likeness (QED) is 0.714. The van der Waals surface area contributed by atoms with E-state index in [4.69, 9.17) is 11.6 Å². The molecule has 3 heterocycles. The maximum atomic E-state index is 12.9. The molecule has 0 unspecified atom stereocenters. The fourth-order valence-electron chi connectivity index (χ4n) is 2.40. The molecule has 0 atom stereocenters. The van der Waals surface area contributed by atoms with Crippen LogP contribution >= 0.6 is 11.6 Å². The Morgan fingerprint density at radius 1 is 1.35 bits per heavy atom. The highest BCUT2D eigenvalue weighted by atomic mass is 35.5. The summed E-state index contributed by atoms with van der Waals surface area (Å²) in [6, 6.07) is 8.51. The van der Waals surface area contributed by atoms with Crippen molar-refractivity contribution in [1.29, 1.82) is 0 Å². The van der Waals surface area contributed by atoms with E-state index in [0.29, 0.717) is 11.5 Å². The number of nitrogens with zero attached hydrogens (tertiary/aromatic N) is 4. The molecule has 0 spiro atoms. The molecule has 1 amide bonds. The molecule has 0 bridgehead atoms. The normalized spacial score (nSPS) is 11.8. The Bertz CT molecular complexity index is 1080. The van der Waals surface area contributed by atoms with Crippen molar-refractivity contribution in [2.75, 3.05) is 18.9 Å². The third-order valence-corrected chi connectivity index (χ3v) is 5.85. The second-order valence-corrected chi connectivity index (χ2v) is 7.98. The number of carbonyl (C=O) groups is 1. The Balaban J connectivity index is 1.83. The molecule has 10 heteroatoms. The van der Waals surface area contributed by atoms with Crippen molar-refractivity contribution in [3.8, 4) is 0 Å². The number of aromatic nitrogens is 3. The summed E-state index contributed by atoms with van der Waals surface area (Å²) in [7, 11) is -2.72. The number of amides is 1. The van der Waals surface area contributed by atoms with Crippen LogP contribution in [0.4, 0.5) is 5.82 Å². The molecular formula is C16H16ClN5O3S. The van der Waals surface area contributed by atoms with Gasteiger partial charge in [0.05, 0.1) is 6.54 Å². The number of imidazole rings is 1. The van der Waals surface area contributed by atoms with Crippen molar-refractivity contribution in [3.63, 3.8) is 0 Å². The van der Waals surface area contributed by atoms with E-state index < -0.39 is 22.5 Å². The number of rotatable bonds is 5. The average molecular weight is 394 g/mol. The number of likely N-dealkylation sites (N-methyl/N-ethyl adjacent to an activating group) is 1. The third-order valence-electron chi connectivity index (χ3n) is 3.65. The van der Waals surface area contributed by atoms with Crippen LogP contribution in [0.2, 0.25) is 5.15 Å². The number of halogens is 1. The summed E-state index contributed by atoms with van der Waals surface area (Å²) >= 11 is 6.03. The average Bonchev–Trinajstić information content (AvgIpc) is 2.90. The number of hydrogen-bond acceptors (Lipinski definition) is 5. The van der Waals surface area contributed by atoms with Gasteiger partial charge in [0.25, 0.3) is 10.0 Å². The molecule has 0 aromatic carbocycles. The molecule has 0 saturated carbocycles. The summed E-state index contributed by atoms with van der Waals surface area (Å²) in [5.41, 5.74) is 1.33. The molecule has 0 aliphatic heterocycles. The zero-order chi connectivity index (χ0) is 18.9. The highest BCUT2D eigenvalue weighted by Gasteiger charge is 2.30. The van der Waals surface area contributed by atoms with Gasteiger partial charge in [0, 0.05) is 19.4 Å². The van der Waals surface area contributed by atoms with Crippen molar-refractivity contribution in [2.24, 2.45) is 0 Å². The molecule has 26 heavy (non-hydrogen) atoms. The number of nitrogens with one attached hydrogen (secondary N) is 1. The van der Waals surface area contributed by atoms with Crippen LogP contribution in [-0.2, 0) is 14.8 Å². The van der Waals surface area contributed by atoms with Crippen molar-refractivity contribution in [3.05, 3.63) is 53.4 Å². The molecule has 1 N–H and O–H groups in total. The van der Waals surface area contributed by atoms with Crippen LogP contribution in [-0.4, -0.2) is 46.6 Å².